The van der Waals surface area contributed by atoms with E-state index in [1.165, 1.54) is 34.0 Å². The van der Waals surface area contributed by atoms with Crippen LogP contribution in [0.25, 0.3) is 40.7 Å². The Hall–Kier alpha value is -5.32. The molecule has 0 radical (unpaired) electrons. The van der Waals surface area contributed by atoms with Crippen LogP contribution in [-0.2, 0) is 37.9 Å². The molecule has 1 aliphatic heterocycles. The van der Waals surface area contributed by atoms with Gasteiger partial charge in [-0.15, -0.1) is 34.0 Å². The number of esters is 2. The van der Waals surface area contributed by atoms with Gasteiger partial charge in [0.1, 0.15) is 33.9 Å². The third-order valence-corrected chi connectivity index (χ3v) is 15.1. The molecule has 3 aromatic heterocycles. The van der Waals surface area contributed by atoms with Crippen LogP contribution in [0.1, 0.15) is 16.7 Å². The number of carbonyl (C=O) groups excluding carboxylic acids is 2. The molecule has 7 nitrogen and oxygen atoms in total. The van der Waals surface area contributed by atoms with E-state index in [1.54, 1.807) is 6.07 Å². The SMILES string of the molecule is O=C(OCc1ccccc1)C1(C(=O)OCc2ccccc2)Oc2c(sc3cc(N=c4c(=S)c5ccccc5c4=S)sc23)-c2sc(N=c3c(=S)c4ccccc4c3=S)cc21. The summed E-state index contributed by atoms with van der Waals surface area (Å²) in [6, 6.07) is 37.5. The number of rotatable bonds is 8. The van der Waals surface area contributed by atoms with Crippen molar-refractivity contribution in [1.29, 1.82) is 0 Å². The summed E-state index contributed by atoms with van der Waals surface area (Å²) in [5, 5.41) is 5.57. The van der Waals surface area contributed by atoms with Crippen LogP contribution < -0.4 is 15.5 Å². The van der Waals surface area contributed by atoms with E-state index in [9.17, 15) is 9.59 Å². The number of nitrogens with zero attached hydrogens (tertiary/aromatic N) is 2. The summed E-state index contributed by atoms with van der Waals surface area (Å²) in [6.45, 7) is -0.220. The monoisotopic (exact) mass is 896 g/mol. The van der Waals surface area contributed by atoms with Crippen LogP contribution in [0.3, 0.4) is 0 Å². The number of hydrogen-bond acceptors (Lipinski definition) is 14. The van der Waals surface area contributed by atoms with Gasteiger partial charge in [0.15, 0.2) is 5.75 Å². The predicted molar refractivity (Wildman–Crippen MR) is 244 cm³/mol. The molecule has 0 atom stereocenters. The maximum atomic E-state index is 14.8. The van der Waals surface area contributed by atoms with Gasteiger partial charge < -0.3 is 14.2 Å². The van der Waals surface area contributed by atoms with E-state index >= 15 is 0 Å². The lowest BCUT2D eigenvalue weighted by Gasteiger charge is -2.33. The van der Waals surface area contributed by atoms with Crippen molar-refractivity contribution in [2.45, 2.75) is 18.8 Å². The lowest BCUT2D eigenvalue weighted by molar-refractivity contribution is -0.183. The van der Waals surface area contributed by atoms with E-state index in [2.05, 4.69) is 0 Å². The maximum Gasteiger partial charge on any atom is 0.367 e. The van der Waals surface area contributed by atoms with Crippen molar-refractivity contribution in [2.24, 2.45) is 9.98 Å². The Bertz CT molecular complexity index is 3360. The van der Waals surface area contributed by atoms with Gasteiger partial charge in [0.25, 0.3) is 0 Å². The summed E-state index contributed by atoms with van der Waals surface area (Å²) < 4.78 is 22.6. The van der Waals surface area contributed by atoms with Gasteiger partial charge in [-0.05, 0) is 23.3 Å². The molecule has 4 heterocycles. The van der Waals surface area contributed by atoms with Crippen molar-refractivity contribution in [1.82, 2.24) is 0 Å². The molecule has 0 fully saturated rings. The summed E-state index contributed by atoms with van der Waals surface area (Å²) in [4.78, 5) is 40.9. The van der Waals surface area contributed by atoms with E-state index in [0.29, 0.717) is 54.1 Å². The van der Waals surface area contributed by atoms with E-state index in [-0.39, 0.29) is 18.8 Å². The molecule has 14 heteroatoms. The lowest BCUT2D eigenvalue weighted by atomic mass is 9.91. The number of benzene rings is 4. The Kier molecular flexibility index (Phi) is 9.67. The molecule has 0 saturated carbocycles. The average molecular weight is 897 g/mol. The first-order chi connectivity index (χ1) is 28.7. The van der Waals surface area contributed by atoms with Gasteiger partial charge in [-0.3, -0.25) is 0 Å². The number of ether oxygens (including phenoxy) is 3. The Morgan fingerprint density at radius 1 is 0.559 bits per heavy atom. The Labute approximate surface area is 367 Å². The summed E-state index contributed by atoms with van der Waals surface area (Å²) in [6.07, 6.45) is 0. The first-order valence-electron chi connectivity index (χ1n) is 18.1. The van der Waals surface area contributed by atoms with Crippen LogP contribution >= 0.6 is 82.9 Å². The van der Waals surface area contributed by atoms with Crippen molar-refractivity contribution < 1.29 is 23.8 Å². The van der Waals surface area contributed by atoms with E-state index in [0.717, 1.165) is 42.2 Å². The van der Waals surface area contributed by atoms with Gasteiger partial charge in [-0.2, -0.15) is 0 Å². The van der Waals surface area contributed by atoms with Crippen molar-refractivity contribution in [3.8, 4) is 15.5 Å². The van der Waals surface area contributed by atoms with E-state index < -0.39 is 17.5 Å². The van der Waals surface area contributed by atoms with Crippen molar-refractivity contribution >= 4 is 136 Å². The quantitative estimate of drug-likeness (QED) is 0.0841. The average Bonchev–Trinajstić information content (AvgIpc) is 4.06. The molecule has 0 amide bonds. The standard InChI is InChI=1S/C45H24N2O5S7/c48-43(50-21-23-11-3-1-4-12-23)45(44(49)51-22-24-13-5-2-6-14-24)29-19-31(46-33-36(53)25-15-7-8-16-26(25)37(33)54)58-40(29)42-35(52-45)41-30(57-42)20-32(59-41)47-34-38(55)27-17-9-10-18-28(27)39(34)56/h1-20H,21-22H2. The first kappa shape index (κ1) is 37.9. The molecule has 0 bridgehead atoms. The fourth-order valence-corrected chi connectivity index (χ4v) is 12.2. The molecule has 6 aromatic carbocycles. The minimum atomic E-state index is -2.37. The zero-order chi connectivity index (χ0) is 40.4. The summed E-state index contributed by atoms with van der Waals surface area (Å²) >= 11 is 27.4. The minimum Gasteiger partial charge on any atom is -0.457 e. The number of thiophene rings is 3. The Morgan fingerprint density at radius 2 is 1.00 bits per heavy atom. The molecule has 9 aromatic rings. The number of fused-ring (bicyclic) bond motifs is 7. The molecule has 0 N–H and O–H groups in total. The third kappa shape index (κ3) is 6.38. The van der Waals surface area contributed by atoms with Gasteiger partial charge in [0, 0.05) is 27.1 Å². The highest BCUT2D eigenvalue weighted by Gasteiger charge is 2.59. The minimum absolute atomic E-state index is 0.110. The van der Waals surface area contributed by atoms with Crippen LogP contribution in [0.2, 0.25) is 0 Å². The van der Waals surface area contributed by atoms with Gasteiger partial charge in [0.05, 0.1) is 37.2 Å². The molecule has 0 saturated heterocycles. The predicted octanol–water partition coefficient (Wildman–Crippen LogP) is 12.2. The molecule has 1 aliphatic rings. The highest BCUT2D eigenvalue weighted by atomic mass is 32.1. The smallest absolute Gasteiger partial charge is 0.367 e. The van der Waals surface area contributed by atoms with Crippen LogP contribution in [0.5, 0.6) is 5.75 Å². The molecule has 10 rings (SSSR count). The maximum absolute atomic E-state index is 14.8. The van der Waals surface area contributed by atoms with Crippen molar-refractivity contribution in [3.05, 3.63) is 167 Å². The normalized spacial score (nSPS) is 12.9. The van der Waals surface area contributed by atoms with Crippen molar-refractivity contribution in [3.63, 3.8) is 0 Å². The Balaban J connectivity index is 1.17. The molecule has 0 aliphatic carbocycles. The van der Waals surface area contributed by atoms with Crippen LogP contribution in [-0.4, -0.2) is 11.9 Å². The molecular formula is C45H24N2O5S7. The van der Waals surface area contributed by atoms with E-state index in [4.69, 9.17) is 73.1 Å². The second-order valence-electron chi connectivity index (χ2n) is 13.6. The molecule has 0 unspecified atom stereocenters. The topological polar surface area (TPSA) is 86.6 Å². The van der Waals surface area contributed by atoms with Gasteiger partial charge in [-0.25, -0.2) is 19.6 Å². The molecule has 286 valence electrons. The molecule has 0 spiro atoms. The fourth-order valence-electron chi connectivity index (χ4n) is 7.16. The van der Waals surface area contributed by atoms with Crippen LogP contribution in [0, 0.1) is 18.0 Å². The largest absolute Gasteiger partial charge is 0.457 e. The van der Waals surface area contributed by atoms with Crippen LogP contribution in [0.15, 0.2) is 131 Å². The number of hydrogen-bond donors (Lipinski definition) is 0. The zero-order valence-corrected chi connectivity index (χ0v) is 36.0. The Morgan fingerprint density at radius 3 is 1.47 bits per heavy atom. The fraction of sp³-hybridized carbons (Fsp3) is 0.0667. The zero-order valence-electron chi connectivity index (χ0n) is 30.3. The highest BCUT2D eigenvalue weighted by Crippen LogP contribution is 2.59. The van der Waals surface area contributed by atoms with Gasteiger partial charge in [0.2, 0.25) is 0 Å². The first-order valence-corrected chi connectivity index (χ1v) is 22.2. The summed E-state index contributed by atoms with van der Waals surface area (Å²) in [5.41, 5.74) is -0.654. The summed E-state index contributed by atoms with van der Waals surface area (Å²) in [7, 11) is 0. The highest BCUT2D eigenvalue weighted by molar-refractivity contribution is 7.72. The lowest BCUT2D eigenvalue weighted by Crippen LogP contribution is -2.52. The third-order valence-electron chi connectivity index (χ3n) is 10.0. The molecule has 59 heavy (non-hydrogen) atoms. The van der Waals surface area contributed by atoms with Crippen LogP contribution in [0.4, 0.5) is 10.0 Å². The van der Waals surface area contributed by atoms with Gasteiger partial charge >= 0.3 is 17.5 Å². The summed E-state index contributed by atoms with van der Waals surface area (Å²) in [5.74, 6) is -1.53. The van der Waals surface area contributed by atoms with Crippen molar-refractivity contribution in [2.75, 3.05) is 0 Å². The van der Waals surface area contributed by atoms with E-state index in [1.807, 2.05) is 115 Å². The second-order valence-corrected chi connectivity index (χ2v) is 18.3. The second kappa shape index (κ2) is 15.1. The molecular weight excluding hydrogens is 873 g/mol. The number of carbonyl (C=O) groups is 2. The van der Waals surface area contributed by atoms with Gasteiger partial charge in [-0.1, -0.05) is 158 Å².